The zero-order valence-electron chi connectivity index (χ0n) is 5.66. The Morgan fingerprint density at radius 2 is 1.60 bits per heavy atom. The molecule has 0 spiro atoms. The van der Waals surface area contributed by atoms with Crippen molar-refractivity contribution in [3.8, 4) is 0 Å². The second-order valence-electron chi connectivity index (χ2n) is 1.00. The first-order chi connectivity index (χ1) is 2.50. The molecule has 0 aromatic rings. The van der Waals surface area contributed by atoms with Crippen molar-refractivity contribution in [3.05, 3.63) is 31.7 Å². The molecule has 0 saturated heterocycles. The summed E-state index contributed by atoms with van der Waals surface area (Å²) in [6.45, 7) is 0. The van der Waals surface area contributed by atoms with E-state index in [2.05, 4.69) is 12.2 Å². The average Bonchev–Trinajstić information content (AvgIpc) is 1.76. The van der Waals surface area contributed by atoms with E-state index < -0.39 is 0 Å². The Morgan fingerprint density at radius 3 is 1.70 bits per heavy atom. The number of halogens is 3. The van der Waals surface area contributed by atoms with Gasteiger partial charge in [0, 0.05) is 0 Å². The minimum atomic E-state index is 0. The maximum atomic E-state index is 2.99. The molecule has 0 saturated carbocycles. The molecule has 1 aliphatic carbocycles. The van der Waals surface area contributed by atoms with Crippen molar-refractivity contribution in [2.45, 2.75) is 6.42 Å². The largest absolute Gasteiger partial charge is 2.00 e. The molecule has 0 nitrogen and oxygen atoms in total. The fourth-order valence-corrected chi connectivity index (χ4v) is 0.340. The topological polar surface area (TPSA) is 0 Å². The summed E-state index contributed by atoms with van der Waals surface area (Å²) in [5.41, 5.74) is 0. The minimum Gasteiger partial charge on any atom is -0.358 e. The second-order valence-corrected chi connectivity index (χ2v) is 1.00. The zero-order chi connectivity index (χ0) is 3.54. The van der Waals surface area contributed by atoms with Crippen LogP contribution in [-0.2, 0) is 26.2 Å². The Kier molecular flexibility index (Phi) is 73.4. The van der Waals surface area contributed by atoms with Gasteiger partial charge >= 0.3 is 26.2 Å². The fraction of sp³-hybridized carbons (Fsp3) is 0.167. The zero-order valence-corrected chi connectivity index (χ0v) is 8.12. The summed E-state index contributed by atoms with van der Waals surface area (Å²) < 4.78 is 0. The summed E-state index contributed by atoms with van der Waals surface area (Å²) in [6, 6.07) is 0. The average molecular weight is 231 g/mol. The minimum absolute atomic E-state index is 0. The molecule has 1 rings (SSSR count). The van der Waals surface area contributed by atoms with Gasteiger partial charge in [0.2, 0.25) is 0 Å². The third-order valence-electron chi connectivity index (χ3n) is 0.586. The summed E-state index contributed by atoms with van der Waals surface area (Å²) in [5, 5.41) is 0. The van der Waals surface area contributed by atoms with E-state index in [1.165, 1.54) is 0 Å². The van der Waals surface area contributed by atoms with Crippen molar-refractivity contribution in [3.63, 3.8) is 0 Å². The van der Waals surface area contributed by atoms with E-state index in [-0.39, 0.29) is 47.7 Å². The van der Waals surface area contributed by atoms with Gasteiger partial charge in [0.15, 0.2) is 0 Å². The van der Waals surface area contributed by atoms with Crippen LogP contribution in [-0.4, -0.2) is 0 Å². The summed E-state index contributed by atoms with van der Waals surface area (Å²) in [6.07, 6.45) is 10.0. The molecular weight excluding hydrogens is 220 g/mol. The fourth-order valence-electron chi connectivity index (χ4n) is 0.340. The molecule has 0 unspecified atom stereocenters. The Labute approximate surface area is 78.6 Å². The number of hydrogen-bond acceptors (Lipinski definition) is 0. The van der Waals surface area contributed by atoms with E-state index in [0.717, 1.165) is 6.42 Å². The first kappa shape index (κ1) is 32.0. The summed E-state index contributed by atoms with van der Waals surface area (Å²) >= 11 is 0. The molecule has 0 bridgehead atoms. The Hall–Kier alpha value is 0.153. The molecule has 0 radical (unpaired) electrons. The maximum absolute atomic E-state index is 2.99. The molecular formula is C6H11F3Zr. The van der Waals surface area contributed by atoms with Gasteiger partial charge in [-0.3, -0.25) is 20.2 Å². The molecule has 0 N–H and O–H groups in total. The van der Waals surface area contributed by atoms with Crippen LogP contribution in [0.3, 0.4) is 0 Å². The van der Waals surface area contributed by atoms with E-state index in [9.17, 15) is 0 Å². The molecule has 1 aliphatic rings. The maximum Gasteiger partial charge on any atom is 2.00 e. The predicted octanol–water partition coefficient (Wildman–Crippen LogP) is 2.21. The molecule has 4 heteroatoms. The van der Waals surface area contributed by atoms with E-state index in [1.807, 2.05) is 12.2 Å². The molecule has 60 valence electrons. The van der Waals surface area contributed by atoms with Crippen molar-refractivity contribution in [2.24, 2.45) is 0 Å². The summed E-state index contributed by atoms with van der Waals surface area (Å²) in [7, 11) is 0. The van der Waals surface area contributed by atoms with E-state index in [1.54, 1.807) is 0 Å². The smallest absolute Gasteiger partial charge is 0.358 e. The Bertz CT molecular complexity index is 71.1. The standard InChI is InChI=1S/C5H5.CH3.3FH.Zr/c1-2-4-5-3-1;;;;;/h1-3H,4H2;1H3;3*1H;/q2*-1;;;;+2. The van der Waals surface area contributed by atoms with Crippen LogP contribution in [0.2, 0.25) is 0 Å². The van der Waals surface area contributed by atoms with Gasteiger partial charge < -0.3 is 7.43 Å². The molecule has 0 aromatic heterocycles. The monoisotopic (exact) mass is 230 g/mol. The van der Waals surface area contributed by atoms with Gasteiger partial charge in [0.05, 0.1) is 0 Å². The quantitative estimate of drug-likeness (QED) is 0.561. The van der Waals surface area contributed by atoms with Crippen LogP contribution in [0.25, 0.3) is 0 Å². The molecule has 0 aliphatic heterocycles. The number of allylic oxidation sites excluding steroid dienone is 4. The predicted molar refractivity (Wildman–Crippen MR) is 35.5 cm³/mol. The van der Waals surface area contributed by atoms with Crippen molar-refractivity contribution in [1.82, 2.24) is 0 Å². The number of hydrogen-bond donors (Lipinski definition) is 0. The van der Waals surface area contributed by atoms with Gasteiger partial charge in [0.25, 0.3) is 0 Å². The van der Waals surface area contributed by atoms with Crippen LogP contribution < -0.4 is 0 Å². The van der Waals surface area contributed by atoms with Gasteiger partial charge in [-0.15, -0.1) is 6.42 Å². The van der Waals surface area contributed by atoms with E-state index >= 15 is 0 Å². The molecule has 0 heterocycles. The van der Waals surface area contributed by atoms with Gasteiger partial charge in [-0.1, -0.05) is 0 Å². The number of rotatable bonds is 0. The SMILES string of the molecule is F.F.F.[C-]1=CC=CC1.[CH3-].[Zr+2]. The van der Waals surface area contributed by atoms with Gasteiger partial charge in [-0.05, 0) is 0 Å². The summed E-state index contributed by atoms with van der Waals surface area (Å²) in [4.78, 5) is 0. The van der Waals surface area contributed by atoms with E-state index in [4.69, 9.17) is 0 Å². The summed E-state index contributed by atoms with van der Waals surface area (Å²) in [5.74, 6) is 0. The normalized spacial score (nSPS) is 8.80. The first-order valence-corrected chi connectivity index (χ1v) is 1.72. The van der Waals surface area contributed by atoms with Crippen LogP contribution in [0.5, 0.6) is 0 Å². The van der Waals surface area contributed by atoms with Crippen LogP contribution >= 0.6 is 0 Å². The van der Waals surface area contributed by atoms with Crippen molar-refractivity contribution in [1.29, 1.82) is 0 Å². The van der Waals surface area contributed by atoms with Crippen molar-refractivity contribution in [2.75, 3.05) is 0 Å². The van der Waals surface area contributed by atoms with Crippen LogP contribution in [0.15, 0.2) is 18.2 Å². The van der Waals surface area contributed by atoms with Crippen molar-refractivity contribution >= 4 is 0 Å². The van der Waals surface area contributed by atoms with Crippen LogP contribution in [0.4, 0.5) is 14.1 Å². The third-order valence-corrected chi connectivity index (χ3v) is 0.586. The van der Waals surface area contributed by atoms with Gasteiger partial charge in [0.1, 0.15) is 0 Å². The molecule has 10 heavy (non-hydrogen) atoms. The van der Waals surface area contributed by atoms with Crippen LogP contribution in [0, 0.1) is 13.5 Å². The van der Waals surface area contributed by atoms with Gasteiger partial charge in [-0.2, -0.15) is 6.08 Å². The Balaban J connectivity index is -0.0000000167. The molecule has 0 atom stereocenters. The Morgan fingerprint density at radius 1 is 1.10 bits per heavy atom. The molecule has 0 aromatic carbocycles. The van der Waals surface area contributed by atoms with E-state index in [0.29, 0.717) is 0 Å². The third kappa shape index (κ3) is 15.7. The second kappa shape index (κ2) is 22.9. The van der Waals surface area contributed by atoms with Crippen LogP contribution in [0.1, 0.15) is 6.42 Å². The molecule has 0 fully saturated rings. The first-order valence-electron chi connectivity index (χ1n) is 1.72. The van der Waals surface area contributed by atoms with Gasteiger partial charge in [-0.25, -0.2) is 12.2 Å². The van der Waals surface area contributed by atoms with Crippen molar-refractivity contribution < 1.29 is 40.3 Å². The molecule has 0 amide bonds.